The van der Waals surface area contributed by atoms with Crippen molar-refractivity contribution in [3.05, 3.63) is 27.1 Å². The molecule has 0 aromatic heterocycles. The zero-order valence-corrected chi connectivity index (χ0v) is 14.2. The molecule has 1 nitrogen and oxygen atoms in total. The van der Waals surface area contributed by atoms with E-state index in [1.807, 2.05) is 18.2 Å². The Morgan fingerprint density at radius 3 is 2.35 bits per heavy atom. The second kappa shape index (κ2) is 7.05. The molecule has 0 atom stereocenters. The Labute approximate surface area is 126 Å². The van der Waals surface area contributed by atoms with Crippen LogP contribution in [-0.2, 0) is 0 Å². The van der Waals surface area contributed by atoms with Crippen LogP contribution in [0.15, 0.2) is 27.1 Å². The fourth-order valence-electron chi connectivity index (χ4n) is 1.55. The highest BCUT2D eigenvalue weighted by atomic mass is 79.9. The van der Waals surface area contributed by atoms with E-state index >= 15 is 0 Å². The van der Waals surface area contributed by atoms with Crippen molar-refractivity contribution < 1.29 is 4.74 Å². The van der Waals surface area contributed by atoms with Crippen LogP contribution in [-0.4, -0.2) is 12.4 Å². The molecule has 0 aliphatic carbocycles. The summed E-state index contributed by atoms with van der Waals surface area (Å²) in [5.41, 5.74) is 0.176. The number of rotatable bonds is 6. The van der Waals surface area contributed by atoms with Gasteiger partial charge in [-0.3, -0.25) is 0 Å². The average Bonchev–Trinajstić information content (AvgIpc) is 2.33. The van der Waals surface area contributed by atoms with Crippen LogP contribution in [0.1, 0.15) is 26.7 Å². The second-order valence-electron chi connectivity index (χ2n) is 4.23. The summed E-state index contributed by atoms with van der Waals surface area (Å²) in [7, 11) is 0. The Balaban J connectivity index is 2.72. The van der Waals surface area contributed by atoms with Crippen molar-refractivity contribution in [1.82, 2.24) is 0 Å². The summed E-state index contributed by atoms with van der Waals surface area (Å²) in [6.45, 7) is 5.10. The van der Waals surface area contributed by atoms with Gasteiger partial charge in [0, 0.05) is 9.89 Å². The minimum atomic E-state index is 0.176. The lowest BCUT2D eigenvalue weighted by Crippen LogP contribution is -2.29. The molecule has 0 amide bonds. The summed E-state index contributed by atoms with van der Waals surface area (Å²) < 4.78 is 7.94. The lowest BCUT2D eigenvalue weighted by atomic mass is 9.85. The minimum Gasteiger partial charge on any atom is -0.492 e. The molecule has 96 valence electrons. The SMILES string of the molecule is CCC(CC)(CS)COc1ccc(Br)cc1Br. The van der Waals surface area contributed by atoms with E-state index in [2.05, 4.69) is 58.3 Å². The third kappa shape index (κ3) is 4.18. The van der Waals surface area contributed by atoms with E-state index in [-0.39, 0.29) is 5.41 Å². The van der Waals surface area contributed by atoms with Gasteiger partial charge in [-0.05, 0) is 52.7 Å². The van der Waals surface area contributed by atoms with Crippen LogP contribution in [0, 0.1) is 5.41 Å². The summed E-state index contributed by atoms with van der Waals surface area (Å²) in [6, 6.07) is 5.96. The van der Waals surface area contributed by atoms with E-state index in [1.165, 1.54) is 0 Å². The first-order valence-electron chi connectivity index (χ1n) is 5.75. The fraction of sp³-hybridized carbons (Fsp3) is 0.538. The predicted molar refractivity (Wildman–Crippen MR) is 84.2 cm³/mol. The van der Waals surface area contributed by atoms with Gasteiger partial charge in [0.2, 0.25) is 0 Å². The fourth-order valence-corrected chi connectivity index (χ4v) is 3.25. The topological polar surface area (TPSA) is 9.23 Å². The minimum absolute atomic E-state index is 0.176. The summed E-state index contributed by atoms with van der Waals surface area (Å²) >= 11 is 11.4. The van der Waals surface area contributed by atoms with Crippen molar-refractivity contribution in [2.45, 2.75) is 26.7 Å². The Morgan fingerprint density at radius 1 is 1.24 bits per heavy atom. The molecule has 0 saturated heterocycles. The number of thiol groups is 1. The highest BCUT2D eigenvalue weighted by molar-refractivity contribution is 9.11. The normalized spacial score (nSPS) is 11.6. The molecule has 0 aliphatic rings. The van der Waals surface area contributed by atoms with E-state index in [9.17, 15) is 0 Å². The van der Waals surface area contributed by atoms with Crippen molar-refractivity contribution in [3.8, 4) is 5.75 Å². The molecule has 0 saturated carbocycles. The molecule has 1 aromatic carbocycles. The molecule has 0 N–H and O–H groups in total. The average molecular weight is 382 g/mol. The third-order valence-electron chi connectivity index (χ3n) is 3.26. The molecule has 0 radical (unpaired) electrons. The van der Waals surface area contributed by atoms with E-state index in [4.69, 9.17) is 4.74 Å². The Kier molecular flexibility index (Phi) is 6.38. The van der Waals surface area contributed by atoms with Crippen molar-refractivity contribution >= 4 is 44.5 Å². The second-order valence-corrected chi connectivity index (χ2v) is 6.31. The van der Waals surface area contributed by atoms with Crippen LogP contribution in [0.3, 0.4) is 0 Å². The highest BCUT2D eigenvalue weighted by Crippen LogP contribution is 2.32. The van der Waals surface area contributed by atoms with Crippen LogP contribution in [0.5, 0.6) is 5.75 Å². The first-order valence-corrected chi connectivity index (χ1v) is 7.97. The van der Waals surface area contributed by atoms with Gasteiger partial charge in [0.05, 0.1) is 11.1 Å². The van der Waals surface area contributed by atoms with Gasteiger partial charge < -0.3 is 4.74 Å². The lowest BCUT2D eigenvalue weighted by Gasteiger charge is -2.29. The first kappa shape index (κ1) is 15.4. The highest BCUT2D eigenvalue weighted by Gasteiger charge is 2.25. The molecule has 0 spiro atoms. The summed E-state index contributed by atoms with van der Waals surface area (Å²) in [5, 5.41) is 0. The Morgan fingerprint density at radius 2 is 1.88 bits per heavy atom. The lowest BCUT2D eigenvalue weighted by molar-refractivity contribution is 0.156. The zero-order valence-electron chi connectivity index (χ0n) is 10.2. The van der Waals surface area contributed by atoms with Gasteiger partial charge in [0.25, 0.3) is 0 Å². The monoisotopic (exact) mass is 380 g/mol. The maximum Gasteiger partial charge on any atom is 0.133 e. The maximum atomic E-state index is 5.91. The van der Waals surface area contributed by atoms with Gasteiger partial charge in [-0.15, -0.1) is 0 Å². The van der Waals surface area contributed by atoms with Gasteiger partial charge in [-0.25, -0.2) is 0 Å². The molecule has 0 aliphatic heterocycles. The van der Waals surface area contributed by atoms with Crippen LogP contribution in [0.25, 0.3) is 0 Å². The Bertz CT molecular complexity index is 356. The molecule has 0 fully saturated rings. The summed E-state index contributed by atoms with van der Waals surface area (Å²) in [6.07, 6.45) is 2.17. The molecule has 4 heteroatoms. The molecule has 1 rings (SSSR count). The molecule has 0 bridgehead atoms. The number of halogens is 2. The van der Waals surface area contributed by atoms with E-state index in [0.717, 1.165) is 33.3 Å². The molecule has 17 heavy (non-hydrogen) atoms. The number of ether oxygens (including phenoxy) is 1. The summed E-state index contributed by atoms with van der Waals surface area (Å²) in [4.78, 5) is 0. The zero-order chi connectivity index (χ0) is 12.9. The van der Waals surface area contributed by atoms with Crippen LogP contribution in [0.4, 0.5) is 0 Å². The molecular formula is C13H18Br2OS. The molecule has 0 unspecified atom stereocenters. The van der Waals surface area contributed by atoms with Crippen molar-refractivity contribution in [3.63, 3.8) is 0 Å². The number of hydrogen-bond donors (Lipinski definition) is 1. The maximum absolute atomic E-state index is 5.91. The number of benzene rings is 1. The predicted octanol–water partition coefficient (Wildman–Crippen LogP) is 5.33. The Hall–Kier alpha value is 0.330. The van der Waals surface area contributed by atoms with Crippen LogP contribution in [0.2, 0.25) is 0 Å². The van der Waals surface area contributed by atoms with Gasteiger partial charge in [0.15, 0.2) is 0 Å². The van der Waals surface area contributed by atoms with Crippen molar-refractivity contribution in [2.24, 2.45) is 5.41 Å². The van der Waals surface area contributed by atoms with E-state index < -0.39 is 0 Å². The van der Waals surface area contributed by atoms with Crippen molar-refractivity contribution in [2.75, 3.05) is 12.4 Å². The molecule has 1 aromatic rings. The third-order valence-corrected chi connectivity index (χ3v) is 5.05. The smallest absolute Gasteiger partial charge is 0.133 e. The van der Waals surface area contributed by atoms with Gasteiger partial charge >= 0.3 is 0 Å². The summed E-state index contributed by atoms with van der Waals surface area (Å²) in [5.74, 6) is 1.75. The van der Waals surface area contributed by atoms with Crippen LogP contribution < -0.4 is 4.74 Å². The quantitative estimate of drug-likeness (QED) is 0.655. The van der Waals surface area contributed by atoms with E-state index in [1.54, 1.807) is 0 Å². The van der Waals surface area contributed by atoms with E-state index in [0.29, 0.717) is 6.61 Å². The van der Waals surface area contributed by atoms with Gasteiger partial charge in [-0.2, -0.15) is 12.6 Å². The first-order chi connectivity index (χ1) is 8.06. The largest absolute Gasteiger partial charge is 0.492 e. The van der Waals surface area contributed by atoms with Gasteiger partial charge in [-0.1, -0.05) is 29.8 Å². The van der Waals surface area contributed by atoms with Crippen LogP contribution >= 0.6 is 44.5 Å². The van der Waals surface area contributed by atoms with Crippen molar-refractivity contribution in [1.29, 1.82) is 0 Å². The van der Waals surface area contributed by atoms with Gasteiger partial charge in [0.1, 0.15) is 5.75 Å². The molecule has 0 heterocycles. The number of hydrogen-bond acceptors (Lipinski definition) is 2. The molecular weight excluding hydrogens is 364 g/mol. The standard InChI is InChI=1S/C13H18Br2OS/c1-3-13(4-2,9-17)8-16-12-6-5-10(14)7-11(12)15/h5-7,17H,3-4,8-9H2,1-2H3.